The molecule has 0 bridgehead atoms. The lowest BCUT2D eigenvalue weighted by Gasteiger charge is -2.44. The lowest BCUT2D eigenvalue weighted by Crippen LogP contribution is -2.40. The Morgan fingerprint density at radius 3 is 2.64 bits per heavy atom. The maximum absolute atomic E-state index is 12.7. The van der Waals surface area contributed by atoms with Crippen LogP contribution in [0.25, 0.3) is 6.08 Å². The highest BCUT2D eigenvalue weighted by molar-refractivity contribution is 6.31. The molecular weight excluding hydrogens is 474 g/mol. The molecule has 1 aromatic carbocycles. The number of carbonyl (C=O) groups excluding carboxylic acids is 1. The van der Waals surface area contributed by atoms with Gasteiger partial charge in [-0.3, -0.25) is 4.79 Å². The zero-order chi connectivity index (χ0) is 25.1. The average Bonchev–Trinajstić information content (AvgIpc) is 3.25. The number of nitriles is 1. The monoisotopic (exact) mass is 503 g/mol. The lowest BCUT2D eigenvalue weighted by molar-refractivity contribution is 0.0888. The van der Waals surface area contributed by atoms with Crippen molar-refractivity contribution in [1.29, 1.82) is 10.7 Å². The number of aromatic nitrogens is 2. The fourth-order valence-electron chi connectivity index (χ4n) is 5.81. The molecule has 2 aromatic rings. The molecule has 1 spiro atoms. The van der Waals surface area contributed by atoms with Gasteiger partial charge in [0.2, 0.25) is 0 Å². The average molecular weight is 504 g/mol. The largest absolute Gasteiger partial charge is 0.490 e. The molecule has 0 unspecified atom stereocenters. The van der Waals surface area contributed by atoms with Crippen LogP contribution in [0.3, 0.4) is 0 Å². The van der Waals surface area contributed by atoms with Gasteiger partial charge in [0, 0.05) is 17.8 Å². The van der Waals surface area contributed by atoms with Crippen molar-refractivity contribution in [2.75, 3.05) is 0 Å². The minimum absolute atomic E-state index is 0.0550. The highest BCUT2D eigenvalue weighted by Crippen LogP contribution is 2.55. The van der Waals surface area contributed by atoms with Gasteiger partial charge in [-0.25, -0.2) is 0 Å². The second kappa shape index (κ2) is 10.4. The maximum atomic E-state index is 12.7. The van der Waals surface area contributed by atoms with Crippen molar-refractivity contribution in [3.8, 4) is 11.8 Å². The third kappa shape index (κ3) is 5.60. The Hall–Kier alpha value is -3.24. The number of nitrogens with one attached hydrogen (secondary N) is 2. The number of benzene rings is 1. The van der Waals surface area contributed by atoms with E-state index in [9.17, 15) is 4.79 Å². The summed E-state index contributed by atoms with van der Waals surface area (Å²) in [5.41, 5.74) is 2.81. The molecule has 1 heterocycles. The molecule has 2 N–H and O–H groups in total. The van der Waals surface area contributed by atoms with Crippen molar-refractivity contribution in [2.24, 2.45) is 11.3 Å². The second-order valence-corrected chi connectivity index (χ2v) is 10.9. The van der Waals surface area contributed by atoms with Gasteiger partial charge in [-0.15, -0.1) is 5.10 Å². The number of hydrogen-bond acceptors (Lipinski definition) is 6. The van der Waals surface area contributed by atoms with Crippen LogP contribution in [0.15, 0.2) is 36.4 Å². The van der Waals surface area contributed by atoms with Crippen LogP contribution in [0.2, 0.25) is 5.02 Å². The Balaban J connectivity index is 1.05. The standard InChI is InChI=1S/C28H30ClN5O2/c29-25-13-24(7-2-19(25)17-30)36-23-8-4-21(5-9-23)32-27(35)26-10-6-22(33-34-26)3-1-18-14-28(15-18)12-11-20(31)16-28/h1-3,6-7,10,13,18,21,23,31H,4-5,8-9,11-12,14-16H2,(H,32,35)/b3-1+,31-20?. The first-order chi connectivity index (χ1) is 17.4. The first-order valence-corrected chi connectivity index (χ1v) is 13.0. The second-order valence-electron chi connectivity index (χ2n) is 10.5. The molecule has 0 saturated heterocycles. The third-order valence-corrected chi connectivity index (χ3v) is 8.08. The first kappa shape index (κ1) is 24.5. The Labute approximate surface area is 216 Å². The van der Waals surface area contributed by atoms with Crippen LogP contribution in [-0.4, -0.2) is 34.0 Å². The number of allylic oxidation sites excluding steroid dienone is 1. The molecule has 3 aliphatic rings. The molecule has 1 amide bonds. The van der Waals surface area contributed by atoms with E-state index in [1.807, 2.05) is 18.2 Å². The SMILES string of the molecule is N#Cc1ccc(OC2CCC(NC(=O)c3ccc(/C=C/C4CC5(CCC(=N)C5)C4)nn3)CC2)cc1Cl. The summed E-state index contributed by atoms with van der Waals surface area (Å²) in [5, 5.41) is 28.7. The molecule has 1 aromatic heterocycles. The van der Waals surface area contributed by atoms with Crippen LogP contribution in [0.1, 0.15) is 79.5 Å². The van der Waals surface area contributed by atoms with Gasteiger partial charge in [-0.2, -0.15) is 10.4 Å². The molecule has 3 aliphatic carbocycles. The van der Waals surface area contributed by atoms with E-state index in [4.69, 9.17) is 27.0 Å². The summed E-state index contributed by atoms with van der Waals surface area (Å²) in [6.07, 6.45) is 13.0. The van der Waals surface area contributed by atoms with Gasteiger partial charge in [0.15, 0.2) is 5.69 Å². The molecule has 0 radical (unpaired) electrons. The van der Waals surface area contributed by atoms with E-state index < -0.39 is 0 Å². The van der Waals surface area contributed by atoms with Gasteiger partial charge < -0.3 is 15.5 Å². The molecule has 0 atom stereocenters. The molecule has 0 aliphatic heterocycles. The summed E-state index contributed by atoms with van der Waals surface area (Å²) in [6.45, 7) is 0. The summed E-state index contributed by atoms with van der Waals surface area (Å²) in [4.78, 5) is 12.7. The smallest absolute Gasteiger partial charge is 0.272 e. The third-order valence-electron chi connectivity index (χ3n) is 7.77. The van der Waals surface area contributed by atoms with Crippen molar-refractivity contribution < 1.29 is 9.53 Å². The molecule has 8 heteroatoms. The molecule has 7 nitrogen and oxygen atoms in total. The van der Waals surface area contributed by atoms with E-state index in [1.165, 1.54) is 6.42 Å². The van der Waals surface area contributed by atoms with Crippen LogP contribution in [-0.2, 0) is 0 Å². The number of hydrogen-bond donors (Lipinski definition) is 2. The number of rotatable bonds is 6. The van der Waals surface area contributed by atoms with Gasteiger partial charge in [0.1, 0.15) is 11.8 Å². The van der Waals surface area contributed by atoms with Gasteiger partial charge in [-0.05, 0) is 99.5 Å². The molecule has 186 valence electrons. The molecule has 5 rings (SSSR count). The molecular formula is C28H30ClN5O2. The minimum atomic E-state index is -0.203. The normalized spacial score (nSPS) is 27.6. The maximum Gasteiger partial charge on any atom is 0.272 e. The molecule has 3 fully saturated rings. The molecule has 36 heavy (non-hydrogen) atoms. The predicted octanol–water partition coefficient (Wildman–Crippen LogP) is 5.73. The Bertz CT molecular complexity index is 1210. The van der Waals surface area contributed by atoms with E-state index in [2.05, 4.69) is 21.6 Å². The van der Waals surface area contributed by atoms with Gasteiger partial charge >= 0.3 is 0 Å². The topological polar surface area (TPSA) is 112 Å². The number of ether oxygens (including phenoxy) is 1. The van der Waals surface area contributed by atoms with E-state index in [0.717, 1.165) is 62.8 Å². The summed E-state index contributed by atoms with van der Waals surface area (Å²) in [5.74, 6) is 1.01. The van der Waals surface area contributed by atoms with Crippen LogP contribution < -0.4 is 10.1 Å². The predicted molar refractivity (Wildman–Crippen MR) is 138 cm³/mol. The highest BCUT2D eigenvalue weighted by Gasteiger charge is 2.46. The van der Waals surface area contributed by atoms with E-state index in [-0.39, 0.29) is 18.1 Å². The van der Waals surface area contributed by atoms with Crippen LogP contribution in [0.5, 0.6) is 5.75 Å². The number of nitrogens with zero attached hydrogens (tertiary/aromatic N) is 3. The van der Waals surface area contributed by atoms with E-state index in [0.29, 0.717) is 33.4 Å². The Kier molecular flexibility index (Phi) is 7.06. The van der Waals surface area contributed by atoms with Gasteiger partial charge in [-0.1, -0.05) is 17.7 Å². The summed E-state index contributed by atoms with van der Waals surface area (Å²) in [6, 6.07) is 10.8. The van der Waals surface area contributed by atoms with Gasteiger partial charge in [0.25, 0.3) is 5.91 Å². The Morgan fingerprint density at radius 1 is 1.19 bits per heavy atom. The Morgan fingerprint density at radius 2 is 2.00 bits per heavy atom. The first-order valence-electron chi connectivity index (χ1n) is 12.7. The fourth-order valence-corrected chi connectivity index (χ4v) is 6.02. The molecule has 3 saturated carbocycles. The number of halogens is 1. The lowest BCUT2D eigenvalue weighted by atomic mass is 9.61. The van der Waals surface area contributed by atoms with E-state index >= 15 is 0 Å². The zero-order valence-electron chi connectivity index (χ0n) is 20.2. The quantitative estimate of drug-likeness (QED) is 0.522. The van der Waals surface area contributed by atoms with Gasteiger partial charge in [0.05, 0.1) is 22.4 Å². The number of amides is 1. The minimum Gasteiger partial charge on any atom is -0.490 e. The highest BCUT2D eigenvalue weighted by atomic mass is 35.5. The van der Waals surface area contributed by atoms with Crippen molar-refractivity contribution in [3.05, 3.63) is 58.4 Å². The summed E-state index contributed by atoms with van der Waals surface area (Å²) in [7, 11) is 0. The van der Waals surface area contributed by atoms with E-state index in [1.54, 1.807) is 24.3 Å². The fraction of sp³-hybridized carbons (Fsp3) is 0.464. The van der Waals surface area contributed by atoms with Crippen LogP contribution in [0.4, 0.5) is 0 Å². The summed E-state index contributed by atoms with van der Waals surface area (Å²) >= 11 is 6.09. The van der Waals surface area contributed by atoms with Crippen molar-refractivity contribution in [2.45, 2.75) is 69.9 Å². The van der Waals surface area contributed by atoms with Crippen molar-refractivity contribution >= 4 is 29.3 Å². The number of carbonyl (C=O) groups is 1. The summed E-state index contributed by atoms with van der Waals surface area (Å²) < 4.78 is 6.03. The van der Waals surface area contributed by atoms with Crippen LogP contribution >= 0.6 is 11.6 Å². The zero-order valence-corrected chi connectivity index (χ0v) is 20.9. The van der Waals surface area contributed by atoms with Crippen molar-refractivity contribution in [1.82, 2.24) is 15.5 Å². The van der Waals surface area contributed by atoms with Crippen molar-refractivity contribution in [3.63, 3.8) is 0 Å². The van der Waals surface area contributed by atoms with Crippen LogP contribution in [0, 0.1) is 28.1 Å².